The second kappa shape index (κ2) is 4.02. The second-order valence-electron chi connectivity index (χ2n) is 5.96. The summed E-state index contributed by atoms with van der Waals surface area (Å²) in [5.74, 6) is 2.57. The van der Waals surface area contributed by atoms with E-state index in [1.165, 1.54) is 32.1 Å². The Hall–Kier alpha value is -0.570. The van der Waals surface area contributed by atoms with Crippen LogP contribution in [0.1, 0.15) is 38.5 Å². The molecule has 1 heterocycles. The first kappa shape index (κ1) is 10.6. The minimum absolute atomic E-state index is 0.132. The number of rotatable bonds is 3. The molecule has 0 aromatic carbocycles. The van der Waals surface area contributed by atoms with Crippen LogP contribution < -0.4 is 5.73 Å². The minimum atomic E-state index is 0.132. The van der Waals surface area contributed by atoms with Crippen molar-refractivity contribution in [3.8, 4) is 0 Å². The molecule has 0 aromatic heterocycles. The predicted octanol–water partition coefficient (Wildman–Crippen LogP) is 1.37. The lowest BCUT2D eigenvalue weighted by atomic mass is 10.0. The molecule has 0 radical (unpaired) electrons. The lowest BCUT2D eigenvalue weighted by Crippen LogP contribution is -2.35. The molecular weight excluding hydrogens is 200 g/mol. The molecule has 90 valence electrons. The molecule has 0 spiro atoms. The van der Waals surface area contributed by atoms with Crippen molar-refractivity contribution in [1.29, 1.82) is 0 Å². The van der Waals surface area contributed by atoms with Crippen molar-refractivity contribution in [3.63, 3.8) is 0 Å². The van der Waals surface area contributed by atoms with Crippen LogP contribution in [0.25, 0.3) is 0 Å². The number of hydrogen-bond acceptors (Lipinski definition) is 2. The summed E-state index contributed by atoms with van der Waals surface area (Å²) in [5, 5.41) is 0. The number of fused-ring (bicyclic) bond motifs is 1. The molecule has 1 amide bonds. The summed E-state index contributed by atoms with van der Waals surface area (Å²) in [7, 11) is 0. The Morgan fingerprint density at radius 1 is 1.19 bits per heavy atom. The smallest absolute Gasteiger partial charge is 0.224 e. The zero-order valence-corrected chi connectivity index (χ0v) is 9.90. The number of hydrogen-bond donors (Lipinski definition) is 1. The topological polar surface area (TPSA) is 46.3 Å². The third kappa shape index (κ3) is 1.97. The largest absolute Gasteiger partial charge is 0.342 e. The fourth-order valence-corrected chi connectivity index (χ4v) is 3.46. The molecule has 16 heavy (non-hydrogen) atoms. The van der Waals surface area contributed by atoms with Gasteiger partial charge in [0.05, 0.1) is 0 Å². The Balaban J connectivity index is 1.51. The maximum Gasteiger partial charge on any atom is 0.224 e. The van der Waals surface area contributed by atoms with Crippen molar-refractivity contribution in [2.24, 2.45) is 23.5 Å². The van der Waals surface area contributed by atoms with Crippen LogP contribution >= 0.6 is 0 Å². The van der Waals surface area contributed by atoms with Gasteiger partial charge in [-0.15, -0.1) is 0 Å². The molecule has 0 bridgehead atoms. The molecule has 1 saturated heterocycles. The first-order valence-corrected chi connectivity index (χ1v) is 6.77. The van der Waals surface area contributed by atoms with Gasteiger partial charge in [0.25, 0.3) is 0 Å². The fraction of sp³-hybridized carbons (Fsp3) is 0.923. The molecule has 1 aliphatic heterocycles. The molecule has 3 atom stereocenters. The average Bonchev–Trinajstić information content (AvgIpc) is 2.87. The van der Waals surface area contributed by atoms with Gasteiger partial charge in [0.2, 0.25) is 5.91 Å². The highest BCUT2D eigenvalue weighted by atomic mass is 16.2. The third-order valence-electron chi connectivity index (χ3n) is 4.72. The van der Waals surface area contributed by atoms with Gasteiger partial charge in [0.15, 0.2) is 0 Å². The van der Waals surface area contributed by atoms with E-state index in [2.05, 4.69) is 4.90 Å². The Kier molecular flexibility index (Phi) is 2.66. The predicted molar refractivity (Wildman–Crippen MR) is 62.7 cm³/mol. The van der Waals surface area contributed by atoms with Crippen LogP contribution in [0.3, 0.4) is 0 Å². The average molecular weight is 222 g/mol. The molecule has 2 aliphatic carbocycles. The normalized spacial score (nSPS) is 35.2. The zero-order chi connectivity index (χ0) is 11.1. The second-order valence-corrected chi connectivity index (χ2v) is 5.96. The van der Waals surface area contributed by atoms with Crippen molar-refractivity contribution in [1.82, 2.24) is 4.90 Å². The van der Waals surface area contributed by atoms with E-state index in [0.717, 1.165) is 24.9 Å². The van der Waals surface area contributed by atoms with Gasteiger partial charge >= 0.3 is 0 Å². The number of carbonyl (C=O) groups is 1. The number of nitrogens with two attached hydrogens (primary N) is 1. The van der Waals surface area contributed by atoms with Crippen LogP contribution in [-0.4, -0.2) is 29.9 Å². The molecule has 3 unspecified atom stereocenters. The van der Waals surface area contributed by atoms with Gasteiger partial charge in [0.1, 0.15) is 0 Å². The van der Waals surface area contributed by atoms with Gasteiger partial charge in [0, 0.05) is 25.6 Å². The standard InChI is InChI=1S/C13H22N2O/c14-12(9-4-5-9)6-13(16)15-7-10-2-1-3-11(10)8-15/h9-12H,1-8,14H2. The molecule has 2 N–H and O–H groups in total. The summed E-state index contributed by atoms with van der Waals surface area (Å²) >= 11 is 0. The lowest BCUT2D eigenvalue weighted by molar-refractivity contribution is -0.130. The summed E-state index contributed by atoms with van der Waals surface area (Å²) in [6.45, 7) is 2.03. The highest BCUT2D eigenvalue weighted by molar-refractivity contribution is 5.77. The van der Waals surface area contributed by atoms with Crippen molar-refractivity contribution in [2.75, 3.05) is 13.1 Å². The van der Waals surface area contributed by atoms with E-state index in [0.29, 0.717) is 18.2 Å². The first-order chi connectivity index (χ1) is 7.74. The molecule has 3 nitrogen and oxygen atoms in total. The van der Waals surface area contributed by atoms with E-state index < -0.39 is 0 Å². The van der Waals surface area contributed by atoms with Crippen LogP contribution in [0.2, 0.25) is 0 Å². The van der Waals surface area contributed by atoms with Gasteiger partial charge in [-0.1, -0.05) is 6.42 Å². The van der Waals surface area contributed by atoms with Crippen molar-refractivity contribution < 1.29 is 4.79 Å². The van der Waals surface area contributed by atoms with E-state index in [-0.39, 0.29) is 6.04 Å². The fourth-order valence-electron chi connectivity index (χ4n) is 3.46. The van der Waals surface area contributed by atoms with Crippen LogP contribution in [0, 0.1) is 17.8 Å². The van der Waals surface area contributed by atoms with E-state index in [9.17, 15) is 4.79 Å². The lowest BCUT2D eigenvalue weighted by Gasteiger charge is -2.19. The molecule has 2 saturated carbocycles. The van der Waals surface area contributed by atoms with Gasteiger partial charge in [-0.05, 0) is 43.4 Å². The van der Waals surface area contributed by atoms with Crippen LogP contribution in [-0.2, 0) is 4.79 Å². The number of likely N-dealkylation sites (tertiary alicyclic amines) is 1. The van der Waals surface area contributed by atoms with Crippen LogP contribution in [0.15, 0.2) is 0 Å². The molecule has 3 fully saturated rings. The molecule has 3 aliphatic rings. The molecule has 3 heteroatoms. The Morgan fingerprint density at radius 3 is 2.38 bits per heavy atom. The Morgan fingerprint density at radius 2 is 1.81 bits per heavy atom. The van der Waals surface area contributed by atoms with E-state index in [1.807, 2.05) is 0 Å². The quantitative estimate of drug-likeness (QED) is 0.784. The summed E-state index contributed by atoms with van der Waals surface area (Å²) in [6.07, 6.45) is 7.11. The maximum absolute atomic E-state index is 12.1. The monoisotopic (exact) mass is 222 g/mol. The zero-order valence-electron chi connectivity index (χ0n) is 9.90. The van der Waals surface area contributed by atoms with Gasteiger partial charge in [-0.25, -0.2) is 0 Å². The van der Waals surface area contributed by atoms with Crippen molar-refractivity contribution >= 4 is 5.91 Å². The summed E-state index contributed by atoms with van der Waals surface area (Å²) < 4.78 is 0. The highest BCUT2D eigenvalue weighted by Crippen LogP contribution is 2.38. The number of amides is 1. The third-order valence-corrected chi connectivity index (χ3v) is 4.72. The first-order valence-electron chi connectivity index (χ1n) is 6.77. The van der Waals surface area contributed by atoms with Crippen molar-refractivity contribution in [3.05, 3.63) is 0 Å². The maximum atomic E-state index is 12.1. The summed E-state index contributed by atoms with van der Waals surface area (Å²) in [5.41, 5.74) is 6.02. The Bertz CT molecular complexity index is 276. The number of nitrogens with zero attached hydrogens (tertiary/aromatic N) is 1. The summed E-state index contributed by atoms with van der Waals surface area (Å²) in [6, 6.07) is 0.132. The van der Waals surface area contributed by atoms with E-state index in [1.54, 1.807) is 0 Å². The van der Waals surface area contributed by atoms with E-state index in [4.69, 9.17) is 5.73 Å². The number of carbonyl (C=O) groups excluding carboxylic acids is 1. The van der Waals surface area contributed by atoms with Gasteiger partial charge in [-0.3, -0.25) is 4.79 Å². The van der Waals surface area contributed by atoms with Gasteiger partial charge in [-0.2, -0.15) is 0 Å². The van der Waals surface area contributed by atoms with Gasteiger partial charge < -0.3 is 10.6 Å². The van der Waals surface area contributed by atoms with Crippen LogP contribution in [0.5, 0.6) is 0 Å². The van der Waals surface area contributed by atoms with Crippen LogP contribution in [0.4, 0.5) is 0 Å². The van der Waals surface area contributed by atoms with Crippen molar-refractivity contribution in [2.45, 2.75) is 44.6 Å². The Labute approximate surface area is 97.4 Å². The molecular formula is C13H22N2O. The summed E-state index contributed by atoms with van der Waals surface area (Å²) in [4.78, 5) is 14.1. The van der Waals surface area contributed by atoms with E-state index >= 15 is 0 Å². The molecule has 0 aromatic rings. The molecule has 3 rings (SSSR count). The minimum Gasteiger partial charge on any atom is -0.342 e. The SMILES string of the molecule is NC(CC(=O)N1CC2CCCC2C1)C1CC1. The highest BCUT2D eigenvalue weighted by Gasteiger charge is 2.39.